The van der Waals surface area contributed by atoms with E-state index < -0.39 is 11.8 Å². The minimum atomic E-state index is -0.520. The van der Waals surface area contributed by atoms with Crippen LogP contribution in [-0.2, 0) is 9.53 Å². The highest BCUT2D eigenvalue weighted by molar-refractivity contribution is 6.27. The Balaban J connectivity index is 2.06. The number of esters is 1. The highest BCUT2D eigenvalue weighted by Crippen LogP contribution is 2.28. The fourth-order valence-electron chi connectivity index (χ4n) is 3.23. The van der Waals surface area contributed by atoms with E-state index in [1.165, 1.54) is 32.1 Å². The zero-order valence-electron chi connectivity index (χ0n) is 17.0. The van der Waals surface area contributed by atoms with E-state index in [4.69, 9.17) is 4.74 Å². The molecule has 1 aliphatic carbocycles. The molecule has 1 aliphatic rings. The van der Waals surface area contributed by atoms with Crippen LogP contribution >= 0.6 is 0 Å². The van der Waals surface area contributed by atoms with Crippen molar-refractivity contribution in [1.82, 2.24) is 0 Å². The Morgan fingerprint density at radius 3 is 2.14 bits per heavy atom. The monoisotopic (exact) mass is 382 g/mol. The Morgan fingerprint density at radius 1 is 0.893 bits per heavy atom. The third-order valence-electron chi connectivity index (χ3n) is 4.88. The molecule has 0 spiro atoms. The molecule has 0 saturated heterocycles. The summed E-state index contributed by atoms with van der Waals surface area (Å²) in [6.45, 7) is 3.86. The van der Waals surface area contributed by atoms with Crippen molar-refractivity contribution in [2.24, 2.45) is 0 Å². The van der Waals surface area contributed by atoms with Gasteiger partial charge in [0, 0.05) is 17.5 Å². The number of allylic oxidation sites excluding steroid dienone is 4. The molecule has 0 radical (unpaired) electrons. The number of fused-ring (bicyclic) bond motifs is 1. The molecule has 0 amide bonds. The summed E-state index contributed by atoms with van der Waals surface area (Å²) >= 11 is 0. The normalized spacial score (nSPS) is 13.9. The summed E-state index contributed by atoms with van der Waals surface area (Å²) in [5.74, 6) is -1.35. The molecule has 0 unspecified atom stereocenters. The second-order valence-corrected chi connectivity index (χ2v) is 7.09. The van der Waals surface area contributed by atoms with Gasteiger partial charge in [0.25, 0.3) is 0 Å². The van der Waals surface area contributed by atoms with E-state index in [0.717, 1.165) is 19.3 Å². The molecule has 0 atom stereocenters. The molecule has 0 N–H and O–H groups in total. The van der Waals surface area contributed by atoms with Gasteiger partial charge in [-0.25, -0.2) is 0 Å². The van der Waals surface area contributed by atoms with Crippen molar-refractivity contribution in [2.75, 3.05) is 0 Å². The average Bonchev–Trinajstić information content (AvgIpc) is 2.72. The number of carbonyl (C=O) groups is 3. The van der Waals surface area contributed by atoms with Crippen molar-refractivity contribution in [3.63, 3.8) is 0 Å². The van der Waals surface area contributed by atoms with Crippen molar-refractivity contribution >= 4 is 17.5 Å². The second kappa shape index (κ2) is 11.4. The SMILES string of the molecule is CCCCCCCCCC=CC1=C(OC(=O)CC)C(=O)c2ccccc2C1=O. The summed E-state index contributed by atoms with van der Waals surface area (Å²) in [4.78, 5) is 37.4. The topological polar surface area (TPSA) is 60.4 Å². The molecule has 1 aromatic carbocycles. The Hall–Kier alpha value is -2.49. The molecule has 4 nitrogen and oxygen atoms in total. The largest absolute Gasteiger partial charge is 0.422 e. The third kappa shape index (κ3) is 5.75. The number of hydrogen-bond donors (Lipinski definition) is 0. The predicted molar refractivity (Wildman–Crippen MR) is 110 cm³/mol. The van der Waals surface area contributed by atoms with Crippen molar-refractivity contribution in [3.8, 4) is 0 Å². The minimum absolute atomic E-state index is 0.141. The van der Waals surface area contributed by atoms with Crippen LogP contribution in [0.4, 0.5) is 0 Å². The second-order valence-electron chi connectivity index (χ2n) is 7.09. The molecule has 0 saturated carbocycles. The molecule has 4 heteroatoms. The number of benzene rings is 1. The zero-order chi connectivity index (χ0) is 20.4. The first kappa shape index (κ1) is 21.8. The van der Waals surface area contributed by atoms with Crippen LogP contribution in [0.1, 0.15) is 92.4 Å². The van der Waals surface area contributed by atoms with E-state index in [9.17, 15) is 14.4 Å². The van der Waals surface area contributed by atoms with Crippen molar-refractivity contribution in [1.29, 1.82) is 0 Å². The number of carbonyl (C=O) groups excluding carboxylic acids is 3. The molecule has 1 aromatic rings. The van der Waals surface area contributed by atoms with Gasteiger partial charge in [-0.2, -0.15) is 0 Å². The van der Waals surface area contributed by atoms with Gasteiger partial charge in [-0.1, -0.05) is 88.8 Å². The van der Waals surface area contributed by atoms with Crippen LogP contribution < -0.4 is 0 Å². The molecule has 2 rings (SSSR count). The Kier molecular flexibility index (Phi) is 8.86. The predicted octanol–water partition coefficient (Wildman–Crippen LogP) is 5.97. The van der Waals surface area contributed by atoms with Gasteiger partial charge >= 0.3 is 5.97 Å². The summed E-state index contributed by atoms with van der Waals surface area (Å²) < 4.78 is 5.24. The van der Waals surface area contributed by atoms with E-state index >= 15 is 0 Å². The molecule has 0 fully saturated rings. The van der Waals surface area contributed by atoms with Gasteiger partial charge in [0.2, 0.25) is 5.78 Å². The molecule has 0 aromatic heterocycles. The van der Waals surface area contributed by atoms with Crippen LogP contribution in [0.3, 0.4) is 0 Å². The maximum Gasteiger partial charge on any atom is 0.311 e. The smallest absolute Gasteiger partial charge is 0.311 e. The number of unbranched alkanes of at least 4 members (excludes halogenated alkanes) is 7. The van der Waals surface area contributed by atoms with Crippen LogP contribution in [-0.4, -0.2) is 17.5 Å². The first-order valence-electron chi connectivity index (χ1n) is 10.4. The standard InChI is InChI=1S/C24H30O4/c1-3-5-6-7-8-9-10-11-12-17-20-22(26)18-15-13-14-16-19(18)23(27)24(20)28-21(25)4-2/h12-17H,3-11H2,1-2H3. The maximum atomic E-state index is 12.9. The summed E-state index contributed by atoms with van der Waals surface area (Å²) in [5.41, 5.74) is 0.823. The molecule has 150 valence electrons. The summed E-state index contributed by atoms with van der Waals surface area (Å²) in [7, 11) is 0. The molecule has 0 aliphatic heterocycles. The molecule has 0 bridgehead atoms. The van der Waals surface area contributed by atoms with Crippen LogP contribution in [0.25, 0.3) is 0 Å². The quantitative estimate of drug-likeness (QED) is 0.349. The van der Waals surface area contributed by atoms with E-state index in [0.29, 0.717) is 5.56 Å². The molecular weight excluding hydrogens is 352 g/mol. The van der Waals surface area contributed by atoms with Crippen LogP contribution in [0.15, 0.2) is 47.7 Å². The van der Waals surface area contributed by atoms with Gasteiger partial charge in [0.05, 0.1) is 5.57 Å². The lowest BCUT2D eigenvalue weighted by Gasteiger charge is -2.18. The molecule has 0 heterocycles. The number of Topliss-reactive ketones (excluding diaryl/α,β-unsaturated/α-hetero) is 2. The first-order chi connectivity index (χ1) is 13.6. The van der Waals surface area contributed by atoms with Crippen LogP contribution in [0, 0.1) is 0 Å². The number of ketones is 2. The van der Waals surface area contributed by atoms with Gasteiger partial charge < -0.3 is 4.74 Å². The maximum absolute atomic E-state index is 12.9. The zero-order valence-corrected chi connectivity index (χ0v) is 17.0. The Labute approximate surface area is 167 Å². The van der Waals surface area contributed by atoms with Crippen molar-refractivity contribution < 1.29 is 19.1 Å². The summed E-state index contributed by atoms with van der Waals surface area (Å²) in [5, 5.41) is 0. The van der Waals surface area contributed by atoms with Gasteiger partial charge in [-0.05, 0) is 12.8 Å². The average molecular weight is 383 g/mol. The van der Waals surface area contributed by atoms with Gasteiger partial charge in [-0.15, -0.1) is 0 Å². The molecular formula is C24H30O4. The van der Waals surface area contributed by atoms with E-state index in [1.807, 2.05) is 6.08 Å². The fraction of sp³-hybridized carbons (Fsp3) is 0.458. The van der Waals surface area contributed by atoms with Gasteiger partial charge in [-0.3, -0.25) is 14.4 Å². The van der Waals surface area contributed by atoms with Crippen molar-refractivity contribution in [2.45, 2.75) is 71.6 Å². The molecule has 28 heavy (non-hydrogen) atoms. The van der Waals surface area contributed by atoms with Gasteiger partial charge in [0.1, 0.15) is 0 Å². The number of ether oxygens (including phenoxy) is 1. The summed E-state index contributed by atoms with van der Waals surface area (Å²) in [6.07, 6.45) is 13.0. The lowest BCUT2D eigenvalue weighted by molar-refractivity contribution is -0.138. The first-order valence-corrected chi connectivity index (χ1v) is 10.4. The minimum Gasteiger partial charge on any atom is -0.422 e. The fourth-order valence-corrected chi connectivity index (χ4v) is 3.23. The lowest BCUT2D eigenvalue weighted by Crippen LogP contribution is -2.24. The van der Waals surface area contributed by atoms with Crippen LogP contribution in [0.5, 0.6) is 0 Å². The lowest BCUT2D eigenvalue weighted by atomic mass is 9.87. The van der Waals surface area contributed by atoms with E-state index in [1.54, 1.807) is 37.3 Å². The Bertz CT molecular complexity index is 771. The van der Waals surface area contributed by atoms with E-state index in [2.05, 4.69) is 6.92 Å². The highest BCUT2D eigenvalue weighted by Gasteiger charge is 2.33. The summed E-state index contributed by atoms with van der Waals surface area (Å²) in [6, 6.07) is 6.66. The highest BCUT2D eigenvalue weighted by atomic mass is 16.5. The van der Waals surface area contributed by atoms with Gasteiger partial charge in [0.15, 0.2) is 11.5 Å². The third-order valence-corrected chi connectivity index (χ3v) is 4.88. The number of hydrogen-bond acceptors (Lipinski definition) is 4. The Morgan fingerprint density at radius 2 is 1.50 bits per heavy atom. The van der Waals surface area contributed by atoms with Crippen molar-refractivity contribution in [3.05, 3.63) is 58.9 Å². The van der Waals surface area contributed by atoms with Crippen LogP contribution in [0.2, 0.25) is 0 Å². The van der Waals surface area contributed by atoms with E-state index in [-0.39, 0.29) is 29.1 Å². The number of rotatable bonds is 11.